The average molecular weight is 305 g/mol. The number of anilines is 1. The first-order valence-corrected chi connectivity index (χ1v) is 7.71. The first kappa shape index (κ1) is 15.3. The first-order valence-electron chi connectivity index (χ1n) is 6.83. The molecule has 6 heteroatoms. The van der Waals surface area contributed by atoms with Crippen LogP contribution in [0, 0.1) is 0 Å². The minimum Gasteiger partial charge on any atom is -0.493 e. The van der Waals surface area contributed by atoms with Crippen molar-refractivity contribution in [1.29, 1.82) is 0 Å². The zero-order valence-corrected chi connectivity index (χ0v) is 13.0. The molecule has 0 spiro atoms. The fourth-order valence-corrected chi connectivity index (χ4v) is 2.13. The highest BCUT2D eigenvalue weighted by Gasteiger charge is 2.04. The lowest BCUT2D eigenvalue weighted by molar-refractivity contribution is 0.288. The Morgan fingerprint density at radius 1 is 1.38 bits per heavy atom. The highest BCUT2D eigenvalue weighted by atomic mass is 32.1. The van der Waals surface area contributed by atoms with Crippen molar-refractivity contribution in [3.63, 3.8) is 0 Å². The number of unbranched alkanes of at least 4 members (excludes halogenated alkanes) is 1. The quantitative estimate of drug-likeness (QED) is 0.458. The maximum Gasteiger partial charge on any atom is 0.203 e. The zero-order chi connectivity index (χ0) is 14.9. The lowest BCUT2D eigenvalue weighted by atomic mass is 10.2. The van der Waals surface area contributed by atoms with Crippen LogP contribution in [-0.4, -0.2) is 24.9 Å². The summed E-state index contributed by atoms with van der Waals surface area (Å²) in [6.45, 7) is 2.83. The summed E-state index contributed by atoms with van der Waals surface area (Å²) in [5, 5.41) is 6.80. The summed E-state index contributed by atoms with van der Waals surface area (Å²) in [5.74, 6) is 1.47. The van der Waals surface area contributed by atoms with Crippen molar-refractivity contribution in [3.8, 4) is 11.5 Å². The van der Waals surface area contributed by atoms with Gasteiger partial charge in [0.05, 0.1) is 19.9 Å². The number of methoxy groups -OCH3 is 1. The molecule has 0 fully saturated rings. The van der Waals surface area contributed by atoms with Crippen LogP contribution in [0.15, 0.2) is 34.9 Å². The van der Waals surface area contributed by atoms with Gasteiger partial charge in [-0.15, -0.1) is 11.3 Å². The van der Waals surface area contributed by atoms with Gasteiger partial charge in [0.25, 0.3) is 0 Å². The van der Waals surface area contributed by atoms with Crippen LogP contribution in [0.5, 0.6) is 11.5 Å². The summed E-state index contributed by atoms with van der Waals surface area (Å²) in [7, 11) is 1.64. The second kappa shape index (κ2) is 8.26. The largest absolute Gasteiger partial charge is 0.493 e. The number of hydrogen-bond acceptors (Lipinski definition) is 6. The summed E-state index contributed by atoms with van der Waals surface area (Å²) in [5.41, 5.74) is 3.80. The third-order valence-corrected chi connectivity index (χ3v) is 3.43. The fraction of sp³-hybridized carbons (Fsp3) is 0.333. The number of ether oxygens (including phenoxy) is 2. The van der Waals surface area contributed by atoms with Gasteiger partial charge in [-0.25, -0.2) is 4.98 Å². The molecule has 0 saturated carbocycles. The summed E-state index contributed by atoms with van der Waals surface area (Å²) in [6.07, 6.45) is 5.59. The molecule has 0 aliphatic heterocycles. The highest BCUT2D eigenvalue weighted by Crippen LogP contribution is 2.27. The van der Waals surface area contributed by atoms with Gasteiger partial charge in [0.15, 0.2) is 11.5 Å². The molecule has 112 valence electrons. The van der Waals surface area contributed by atoms with Crippen LogP contribution in [-0.2, 0) is 0 Å². The van der Waals surface area contributed by atoms with Gasteiger partial charge in [-0.2, -0.15) is 5.10 Å². The third-order valence-electron chi connectivity index (χ3n) is 2.75. The Kier molecular flexibility index (Phi) is 6.02. The van der Waals surface area contributed by atoms with Crippen LogP contribution in [0.25, 0.3) is 0 Å². The van der Waals surface area contributed by atoms with Crippen molar-refractivity contribution in [2.24, 2.45) is 5.10 Å². The summed E-state index contributed by atoms with van der Waals surface area (Å²) in [6, 6.07) is 5.74. The molecule has 0 amide bonds. The predicted molar refractivity (Wildman–Crippen MR) is 86.7 cm³/mol. The van der Waals surface area contributed by atoms with Crippen molar-refractivity contribution in [2.75, 3.05) is 19.1 Å². The fourth-order valence-electron chi connectivity index (χ4n) is 1.65. The normalized spacial score (nSPS) is 10.8. The number of nitrogens with one attached hydrogen (secondary N) is 1. The monoisotopic (exact) mass is 305 g/mol. The van der Waals surface area contributed by atoms with Crippen molar-refractivity contribution in [1.82, 2.24) is 4.98 Å². The second-order valence-corrected chi connectivity index (χ2v) is 5.21. The maximum atomic E-state index is 5.69. The molecule has 0 radical (unpaired) electrons. The van der Waals surface area contributed by atoms with Crippen LogP contribution in [0.3, 0.4) is 0 Å². The van der Waals surface area contributed by atoms with Gasteiger partial charge < -0.3 is 9.47 Å². The number of nitrogens with zero attached hydrogens (tertiary/aromatic N) is 2. The lowest BCUT2D eigenvalue weighted by Gasteiger charge is -2.10. The van der Waals surface area contributed by atoms with Crippen molar-refractivity contribution in [2.45, 2.75) is 19.8 Å². The molecule has 0 aliphatic rings. The summed E-state index contributed by atoms with van der Waals surface area (Å²) >= 11 is 1.50. The van der Waals surface area contributed by atoms with E-state index >= 15 is 0 Å². The van der Waals surface area contributed by atoms with E-state index < -0.39 is 0 Å². The molecule has 0 atom stereocenters. The van der Waals surface area contributed by atoms with Gasteiger partial charge in [0.1, 0.15) is 0 Å². The van der Waals surface area contributed by atoms with E-state index in [0.29, 0.717) is 12.4 Å². The van der Waals surface area contributed by atoms with Gasteiger partial charge in [-0.05, 0) is 30.2 Å². The van der Waals surface area contributed by atoms with E-state index in [0.717, 1.165) is 29.3 Å². The molecule has 1 aromatic heterocycles. The molecule has 5 nitrogen and oxygen atoms in total. The molecule has 0 bridgehead atoms. The topological polar surface area (TPSA) is 55.7 Å². The van der Waals surface area contributed by atoms with E-state index in [-0.39, 0.29) is 0 Å². The number of benzene rings is 1. The standard InChI is InChI=1S/C15H19N3O2S/c1-3-4-8-20-13-6-5-12(10-14(13)19-2)11-17-18-15-16-7-9-21-15/h5-7,9-11H,3-4,8H2,1-2H3,(H,16,18)/b17-11-. The van der Waals surface area contributed by atoms with E-state index in [1.807, 2.05) is 23.6 Å². The SMILES string of the molecule is CCCCOc1ccc(/C=N\Nc2nccs2)cc1OC. The Balaban J connectivity index is 1.98. The van der Waals surface area contributed by atoms with Crippen LogP contribution < -0.4 is 14.9 Å². The Morgan fingerprint density at radius 3 is 3.00 bits per heavy atom. The number of thiazole rings is 1. The van der Waals surface area contributed by atoms with Crippen LogP contribution in [0.4, 0.5) is 5.13 Å². The van der Waals surface area contributed by atoms with Crippen LogP contribution in [0.1, 0.15) is 25.3 Å². The van der Waals surface area contributed by atoms with E-state index in [2.05, 4.69) is 22.4 Å². The Bertz CT molecular complexity index is 570. The highest BCUT2D eigenvalue weighted by molar-refractivity contribution is 7.13. The first-order chi connectivity index (χ1) is 10.3. The summed E-state index contributed by atoms with van der Waals surface area (Å²) < 4.78 is 11.0. The van der Waals surface area contributed by atoms with Gasteiger partial charge in [-0.1, -0.05) is 13.3 Å². The van der Waals surface area contributed by atoms with Crippen LogP contribution in [0.2, 0.25) is 0 Å². The van der Waals surface area contributed by atoms with Crippen molar-refractivity contribution < 1.29 is 9.47 Å². The van der Waals surface area contributed by atoms with Crippen molar-refractivity contribution in [3.05, 3.63) is 35.3 Å². The molecule has 21 heavy (non-hydrogen) atoms. The predicted octanol–water partition coefficient (Wildman–Crippen LogP) is 3.78. The molecule has 0 unspecified atom stereocenters. The molecule has 1 aromatic carbocycles. The number of aromatic nitrogens is 1. The number of rotatable bonds is 8. The van der Waals surface area contributed by atoms with Crippen molar-refractivity contribution >= 4 is 22.7 Å². The minimum absolute atomic E-state index is 0.700. The molecule has 0 saturated heterocycles. The van der Waals surface area contributed by atoms with E-state index in [1.54, 1.807) is 19.5 Å². The van der Waals surface area contributed by atoms with Gasteiger partial charge in [0, 0.05) is 11.6 Å². The second-order valence-electron chi connectivity index (χ2n) is 4.32. The minimum atomic E-state index is 0.700. The summed E-state index contributed by atoms with van der Waals surface area (Å²) in [4.78, 5) is 4.09. The number of hydrazone groups is 1. The van der Waals surface area contributed by atoms with Gasteiger partial charge >= 0.3 is 0 Å². The molecule has 2 rings (SSSR count). The Labute approximate surface area is 128 Å². The number of hydrogen-bond donors (Lipinski definition) is 1. The zero-order valence-electron chi connectivity index (χ0n) is 12.2. The smallest absolute Gasteiger partial charge is 0.203 e. The average Bonchev–Trinajstić information content (AvgIpc) is 3.02. The van der Waals surface area contributed by atoms with Gasteiger partial charge in [-0.3, -0.25) is 5.43 Å². The molecule has 1 N–H and O–H groups in total. The van der Waals surface area contributed by atoms with E-state index in [1.165, 1.54) is 11.3 Å². The Hall–Kier alpha value is -2.08. The van der Waals surface area contributed by atoms with E-state index in [9.17, 15) is 0 Å². The maximum absolute atomic E-state index is 5.69. The molecular formula is C15H19N3O2S. The Morgan fingerprint density at radius 2 is 2.29 bits per heavy atom. The molecule has 0 aliphatic carbocycles. The third kappa shape index (κ3) is 4.75. The molecule has 2 aromatic rings. The van der Waals surface area contributed by atoms with E-state index in [4.69, 9.17) is 9.47 Å². The molecular weight excluding hydrogens is 286 g/mol. The lowest BCUT2D eigenvalue weighted by Crippen LogP contribution is -1.99. The molecule has 1 heterocycles. The van der Waals surface area contributed by atoms with Crippen LogP contribution >= 0.6 is 11.3 Å². The van der Waals surface area contributed by atoms with Gasteiger partial charge in [0.2, 0.25) is 5.13 Å².